The van der Waals surface area contributed by atoms with Gasteiger partial charge in [-0.1, -0.05) is 31.4 Å². The molecule has 2 aromatic carbocycles. The van der Waals surface area contributed by atoms with Crippen molar-refractivity contribution < 1.29 is 49.6 Å². The molecule has 1 saturated carbocycles. The monoisotopic (exact) mass is 718 g/mol. The zero-order valence-electron chi connectivity index (χ0n) is 29.3. The molecule has 13 heteroatoms. The Morgan fingerprint density at radius 1 is 1.12 bits per heavy atom. The first-order valence-corrected chi connectivity index (χ1v) is 17.8. The van der Waals surface area contributed by atoms with Gasteiger partial charge in [-0.15, -0.1) is 0 Å². The zero-order valence-corrected chi connectivity index (χ0v) is 29.3. The summed E-state index contributed by atoms with van der Waals surface area (Å²) < 4.78 is 13.4. The van der Waals surface area contributed by atoms with Crippen molar-refractivity contribution in [2.24, 2.45) is 10.9 Å². The van der Waals surface area contributed by atoms with Crippen molar-refractivity contribution in [2.45, 2.75) is 94.4 Å². The lowest BCUT2D eigenvalue weighted by Gasteiger charge is -2.48. The molecule has 7 rings (SSSR count). The van der Waals surface area contributed by atoms with Crippen molar-refractivity contribution in [3.05, 3.63) is 87.1 Å². The van der Waals surface area contributed by atoms with Crippen LogP contribution in [-0.4, -0.2) is 92.2 Å². The quantitative estimate of drug-likeness (QED) is 0.119. The molecule has 0 bridgehead atoms. The second-order valence-electron chi connectivity index (χ2n) is 14.7. The molecule has 278 valence electrons. The van der Waals surface area contributed by atoms with Gasteiger partial charge in [0, 0.05) is 48.4 Å². The minimum Gasteiger partial charge on any atom is -0.508 e. The van der Waals surface area contributed by atoms with E-state index in [1.807, 2.05) is 24.1 Å². The smallest absolute Gasteiger partial charge is 0.193 e. The second kappa shape index (κ2) is 14.4. The Morgan fingerprint density at radius 3 is 2.58 bits per heavy atom. The predicted molar refractivity (Wildman–Crippen MR) is 191 cm³/mol. The maximum absolute atomic E-state index is 13.4. The Bertz CT molecular complexity index is 1950. The summed E-state index contributed by atoms with van der Waals surface area (Å²) in [6, 6.07) is 9.15. The van der Waals surface area contributed by atoms with Gasteiger partial charge in [-0.2, -0.15) is 0 Å². The number of benzene rings is 2. The molecule has 0 saturated heterocycles. The van der Waals surface area contributed by atoms with Gasteiger partial charge in [-0.25, -0.2) is 9.78 Å². The highest BCUT2D eigenvalue weighted by molar-refractivity contribution is 5.96. The third kappa shape index (κ3) is 6.78. The number of nitrogens with zero attached hydrogens (tertiary/aromatic N) is 2. The van der Waals surface area contributed by atoms with Gasteiger partial charge in [-0.05, 0) is 56.5 Å². The van der Waals surface area contributed by atoms with Gasteiger partial charge in [0.1, 0.15) is 59.4 Å². The topological polar surface area (TPSA) is 195 Å². The van der Waals surface area contributed by atoms with Crippen LogP contribution in [0.2, 0.25) is 0 Å². The van der Waals surface area contributed by atoms with Crippen LogP contribution >= 0.6 is 0 Å². The summed E-state index contributed by atoms with van der Waals surface area (Å²) in [4.78, 5) is 31.9. The van der Waals surface area contributed by atoms with E-state index in [4.69, 9.17) is 18.9 Å². The van der Waals surface area contributed by atoms with Gasteiger partial charge < -0.3 is 44.7 Å². The summed E-state index contributed by atoms with van der Waals surface area (Å²) in [5.41, 5.74) is 0.776. The molecule has 0 amide bonds. The Labute approximate surface area is 300 Å². The fraction of sp³-hybridized carbons (Fsp3) is 0.487. The summed E-state index contributed by atoms with van der Waals surface area (Å²) in [5.74, 6) is 1.11. The minimum absolute atomic E-state index is 0.00130. The number of aliphatic hydroxyl groups is 5. The first kappa shape index (κ1) is 36.3. The minimum atomic E-state index is -2.21. The Morgan fingerprint density at radius 2 is 1.87 bits per heavy atom. The van der Waals surface area contributed by atoms with Crippen molar-refractivity contribution in [1.29, 1.82) is 0 Å². The maximum Gasteiger partial charge on any atom is 0.193 e. The number of fused-ring (bicyclic) bond motifs is 3. The van der Waals surface area contributed by atoms with E-state index in [9.17, 15) is 35.4 Å². The second-order valence-corrected chi connectivity index (χ2v) is 14.7. The summed E-state index contributed by atoms with van der Waals surface area (Å²) in [7, 11) is 0. The zero-order chi connectivity index (χ0) is 36.8. The number of rotatable bonds is 12. The molecule has 1 aliphatic carbocycles. The number of phenolic OH excluding ortho intramolecular Hbond substituents is 1. The molecule has 6 N–H and O–H groups in total. The average molecular weight is 719 g/mol. The van der Waals surface area contributed by atoms with Crippen LogP contribution in [0.15, 0.2) is 74.1 Å². The highest BCUT2D eigenvalue weighted by Gasteiger charge is 2.51. The Kier molecular flexibility index (Phi) is 10.0. The molecule has 3 aliphatic heterocycles. The van der Waals surface area contributed by atoms with Gasteiger partial charge in [0.2, 0.25) is 0 Å². The normalized spacial score (nSPS) is 24.4. The molecule has 6 atom stereocenters. The number of hydrogen-bond donors (Lipinski definition) is 6. The highest BCUT2D eigenvalue weighted by atomic mass is 17.2. The molecule has 6 unspecified atom stereocenters. The largest absolute Gasteiger partial charge is 0.508 e. The molecule has 13 nitrogen and oxygen atoms in total. The number of aryl methyl sites for hydroxylation is 1. The number of ether oxygens (including phenoxy) is 1. The van der Waals surface area contributed by atoms with Crippen molar-refractivity contribution >= 4 is 22.9 Å². The van der Waals surface area contributed by atoms with Crippen molar-refractivity contribution in [1.82, 2.24) is 0 Å². The number of hydrogen-bond acceptors (Lipinski definition) is 13. The van der Waals surface area contributed by atoms with Gasteiger partial charge in [0.25, 0.3) is 0 Å². The van der Waals surface area contributed by atoms with E-state index in [1.165, 1.54) is 18.2 Å². The van der Waals surface area contributed by atoms with Gasteiger partial charge >= 0.3 is 0 Å². The standard InChI is InChI=1S/C39H46N2O11/c1-22-14-30(44)28-15-25-16-32(52-49-21-39(48,37(47)34(46)31(45)20-42)17-23-8-10-27(43)11-9-23)38(2,26-6-4-3-5-7-26)51-35(25)33(36(28)50-22)41-18-24-12-13-40-29(24)19-41/h8-15,19,26,31-32,34,37,42-43,45-48H,3-7,16-18,20-21H2,1-2H3. The molecule has 0 radical (unpaired) electrons. The fourth-order valence-corrected chi connectivity index (χ4v) is 8.00. The average Bonchev–Trinajstić information content (AvgIpc) is 3.75. The van der Waals surface area contributed by atoms with Crippen LogP contribution in [0.1, 0.15) is 55.9 Å². The summed E-state index contributed by atoms with van der Waals surface area (Å²) >= 11 is 0. The van der Waals surface area contributed by atoms with Gasteiger partial charge in [0.15, 0.2) is 16.8 Å². The van der Waals surface area contributed by atoms with Crippen LogP contribution in [0.5, 0.6) is 11.5 Å². The van der Waals surface area contributed by atoms with Gasteiger partial charge in [0.05, 0.1) is 24.2 Å². The lowest BCUT2D eigenvalue weighted by molar-refractivity contribution is -0.374. The molecule has 1 fully saturated rings. The van der Waals surface area contributed by atoms with E-state index < -0.39 is 48.8 Å². The number of phenols is 1. The molecule has 52 heavy (non-hydrogen) atoms. The Hall–Kier alpha value is -4.08. The van der Waals surface area contributed by atoms with E-state index in [1.54, 1.807) is 31.3 Å². The number of anilines is 1. The maximum atomic E-state index is 13.4. The number of aliphatic hydroxyl groups excluding tert-OH is 4. The van der Waals surface area contributed by atoms with Crippen LogP contribution in [0.3, 0.4) is 0 Å². The van der Waals surface area contributed by atoms with Crippen LogP contribution in [0.25, 0.3) is 11.0 Å². The van der Waals surface area contributed by atoms with Crippen LogP contribution in [0, 0.1) is 12.8 Å². The molecule has 0 spiro atoms. The summed E-state index contributed by atoms with van der Waals surface area (Å²) in [6.07, 6.45) is 4.20. The number of aliphatic imine (C=N–C) groups is 1. The van der Waals surface area contributed by atoms with Crippen molar-refractivity contribution in [3.63, 3.8) is 0 Å². The molecule has 1 aromatic heterocycles. The number of aromatic hydroxyl groups is 1. The Balaban J connectivity index is 1.24. The fourth-order valence-electron chi connectivity index (χ4n) is 8.00. The van der Waals surface area contributed by atoms with E-state index >= 15 is 0 Å². The van der Waals surface area contributed by atoms with Crippen molar-refractivity contribution in [2.75, 3.05) is 24.7 Å². The van der Waals surface area contributed by atoms with Gasteiger partial charge in [-0.3, -0.25) is 9.79 Å². The summed E-state index contributed by atoms with van der Waals surface area (Å²) in [6.45, 7) is 2.76. The van der Waals surface area contributed by atoms with E-state index in [2.05, 4.69) is 4.99 Å². The molecular formula is C39H46N2O11. The molecular weight excluding hydrogens is 672 g/mol. The van der Waals surface area contributed by atoms with Crippen LogP contribution in [0.4, 0.5) is 5.69 Å². The van der Waals surface area contributed by atoms with Crippen LogP contribution in [-0.2, 0) is 22.6 Å². The molecule has 4 aliphatic rings. The van der Waals surface area contributed by atoms with E-state index in [0.29, 0.717) is 45.8 Å². The van der Waals surface area contributed by atoms with Crippen molar-refractivity contribution in [3.8, 4) is 11.5 Å². The summed E-state index contributed by atoms with van der Waals surface area (Å²) in [5, 5.41) is 63.3. The highest BCUT2D eigenvalue weighted by Crippen LogP contribution is 2.51. The lowest BCUT2D eigenvalue weighted by atomic mass is 9.72. The number of allylic oxidation sites excluding steroid dienone is 1. The lowest BCUT2D eigenvalue weighted by Crippen LogP contribution is -2.58. The van der Waals surface area contributed by atoms with E-state index in [0.717, 1.165) is 43.4 Å². The first-order valence-electron chi connectivity index (χ1n) is 17.8. The van der Waals surface area contributed by atoms with E-state index in [-0.39, 0.29) is 29.9 Å². The predicted octanol–water partition coefficient (Wildman–Crippen LogP) is 3.12. The SMILES string of the molecule is Cc1cc(=O)c2cc3c(c(N4C=C5N=CC=C5C4)c2o1)OC(C)(C1CCCCC1)C(OOCC(O)(Cc1ccc(O)cc1)C(O)C(O)C(O)CO)C3. The molecule has 3 aromatic rings. The molecule has 4 heterocycles. The first-order chi connectivity index (χ1) is 24.9. The third-order valence-electron chi connectivity index (χ3n) is 11.0. The van der Waals surface area contributed by atoms with Crippen LogP contribution < -0.4 is 15.1 Å². The third-order valence-corrected chi connectivity index (χ3v) is 11.0.